The summed E-state index contributed by atoms with van der Waals surface area (Å²) in [5, 5.41) is 9.26. The third kappa shape index (κ3) is 1.84. The minimum Gasteiger partial charge on any atom is -0.391 e. The lowest BCUT2D eigenvalue weighted by Gasteiger charge is -2.19. The summed E-state index contributed by atoms with van der Waals surface area (Å²) in [4.78, 5) is 13.4. The maximum absolute atomic E-state index is 11.7. The Hall–Kier alpha value is -0.610. The first kappa shape index (κ1) is 8.97. The molecule has 0 aromatic carbocycles. The van der Waals surface area contributed by atoms with E-state index in [4.69, 9.17) is 4.74 Å². The molecule has 0 aliphatic carbocycles. The third-order valence-electron chi connectivity index (χ3n) is 2.68. The Labute approximate surface area is 77.5 Å². The number of likely N-dealkylation sites (tertiary alicyclic amines) is 1. The maximum Gasteiger partial charge on any atom is 0.251 e. The summed E-state index contributed by atoms with van der Waals surface area (Å²) in [6, 6.07) is 0. The number of amides is 1. The summed E-state index contributed by atoms with van der Waals surface area (Å²) in [7, 11) is 0. The van der Waals surface area contributed by atoms with E-state index in [0.717, 1.165) is 12.8 Å². The molecule has 2 saturated heterocycles. The number of aliphatic hydroxyl groups is 1. The maximum atomic E-state index is 11.7. The van der Waals surface area contributed by atoms with Crippen LogP contribution in [0.25, 0.3) is 0 Å². The molecule has 0 radical (unpaired) electrons. The predicted octanol–water partition coefficient (Wildman–Crippen LogP) is -0.241. The highest BCUT2D eigenvalue weighted by Crippen LogP contribution is 2.18. The molecule has 0 aromatic heterocycles. The molecule has 74 valence electrons. The van der Waals surface area contributed by atoms with Crippen LogP contribution in [0.5, 0.6) is 0 Å². The van der Waals surface area contributed by atoms with Crippen molar-refractivity contribution in [1.82, 2.24) is 4.90 Å². The van der Waals surface area contributed by atoms with E-state index in [1.54, 1.807) is 4.90 Å². The number of carbonyl (C=O) groups excluding carboxylic acids is 1. The van der Waals surface area contributed by atoms with E-state index < -0.39 is 0 Å². The van der Waals surface area contributed by atoms with Crippen molar-refractivity contribution in [2.24, 2.45) is 0 Å². The number of hydrogen-bond donors (Lipinski definition) is 1. The van der Waals surface area contributed by atoms with E-state index in [0.29, 0.717) is 26.1 Å². The molecule has 2 fully saturated rings. The second kappa shape index (κ2) is 3.64. The standard InChI is InChI=1S/C9H15NO3/c11-7-3-4-10(6-7)9(12)8-2-1-5-13-8/h7-8,11H,1-6H2/t7-,8-/m0/s1. The van der Waals surface area contributed by atoms with Crippen LogP contribution >= 0.6 is 0 Å². The van der Waals surface area contributed by atoms with E-state index in [-0.39, 0.29) is 18.1 Å². The normalized spacial score (nSPS) is 34.1. The van der Waals surface area contributed by atoms with Crippen molar-refractivity contribution in [3.05, 3.63) is 0 Å². The molecule has 2 heterocycles. The summed E-state index contributed by atoms with van der Waals surface area (Å²) in [5.74, 6) is 0.0639. The van der Waals surface area contributed by atoms with Crippen LogP contribution in [0.4, 0.5) is 0 Å². The van der Waals surface area contributed by atoms with Crippen LogP contribution < -0.4 is 0 Å². The molecule has 4 nitrogen and oxygen atoms in total. The molecule has 1 N–H and O–H groups in total. The molecule has 0 bridgehead atoms. The van der Waals surface area contributed by atoms with E-state index in [9.17, 15) is 9.90 Å². The van der Waals surface area contributed by atoms with Crippen molar-refractivity contribution in [3.8, 4) is 0 Å². The third-order valence-corrected chi connectivity index (χ3v) is 2.68. The monoisotopic (exact) mass is 185 g/mol. The molecule has 2 rings (SSSR count). The van der Waals surface area contributed by atoms with E-state index >= 15 is 0 Å². The van der Waals surface area contributed by atoms with Crippen molar-refractivity contribution >= 4 is 5.91 Å². The van der Waals surface area contributed by atoms with E-state index in [1.807, 2.05) is 0 Å². The smallest absolute Gasteiger partial charge is 0.251 e. The van der Waals surface area contributed by atoms with Gasteiger partial charge in [-0.05, 0) is 19.3 Å². The van der Waals surface area contributed by atoms with Gasteiger partial charge in [-0.2, -0.15) is 0 Å². The summed E-state index contributed by atoms with van der Waals surface area (Å²) in [6.45, 7) is 1.87. The minimum atomic E-state index is -0.328. The molecule has 4 heteroatoms. The average Bonchev–Trinajstić information content (AvgIpc) is 2.72. The quantitative estimate of drug-likeness (QED) is 0.613. The molecule has 0 aromatic rings. The molecule has 2 atom stereocenters. The summed E-state index contributed by atoms with van der Waals surface area (Å²) in [5.41, 5.74) is 0. The number of ether oxygens (including phenoxy) is 1. The fraction of sp³-hybridized carbons (Fsp3) is 0.889. The van der Waals surface area contributed by atoms with Gasteiger partial charge in [-0.1, -0.05) is 0 Å². The Balaban J connectivity index is 1.89. The molecule has 1 amide bonds. The highest BCUT2D eigenvalue weighted by Gasteiger charge is 2.32. The Morgan fingerprint density at radius 3 is 2.85 bits per heavy atom. The summed E-state index contributed by atoms with van der Waals surface area (Å²) in [6.07, 6.45) is 1.96. The SMILES string of the molecule is O=C([C@@H]1CCCO1)N1CC[C@H](O)C1. The van der Waals surface area contributed by atoms with E-state index in [2.05, 4.69) is 0 Å². The Morgan fingerprint density at radius 1 is 1.46 bits per heavy atom. The van der Waals surface area contributed by atoms with Gasteiger partial charge in [0.25, 0.3) is 5.91 Å². The van der Waals surface area contributed by atoms with Crippen molar-refractivity contribution in [2.75, 3.05) is 19.7 Å². The molecular weight excluding hydrogens is 170 g/mol. The Bertz CT molecular complexity index is 201. The van der Waals surface area contributed by atoms with Crippen LogP contribution in [-0.2, 0) is 9.53 Å². The largest absolute Gasteiger partial charge is 0.391 e. The molecule has 0 spiro atoms. The topological polar surface area (TPSA) is 49.8 Å². The first-order valence-electron chi connectivity index (χ1n) is 4.86. The first-order valence-corrected chi connectivity index (χ1v) is 4.86. The second-order valence-electron chi connectivity index (χ2n) is 3.73. The number of hydrogen-bond acceptors (Lipinski definition) is 3. The lowest BCUT2D eigenvalue weighted by Crippen LogP contribution is -2.37. The van der Waals surface area contributed by atoms with Crippen LogP contribution in [0.3, 0.4) is 0 Å². The summed E-state index contributed by atoms with van der Waals surface area (Å²) < 4.78 is 5.29. The van der Waals surface area contributed by atoms with E-state index in [1.165, 1.54) is 0 Å². The van der Waals surface area contributed by atoms with Gasteiger partial charge in [-0.3, -0.25) is 4.79 Å². The zero-order valence-electron chi connectivity index (χ0n) is 7.61. The molecule has 13 heavy (non-hydrogen) atoms. The van der Waals surface area contributed by atoms with Crippen LogP contribution in [0.2, 0.25) is 0 Å². The average molecular weight is 185 g/mol. The van der Waals surface area contributed by atoms with Crippen molar-refractivity contribution in [1.29, 1.82) is 0 Å². The molecular formula is C9H15NO3. The lowest BCUT2D eigenvalue weighted by molar-refractivity contribution is -0.140. The highest BCUT2D eigenvalue weighted by atomic mass is 16.5. The Kier molecular flexibility index (Phi) is 2.51. The first-order chi connectivity index (χ1) is 6.27. The highest BCUT2D eigenvalue weighted by molar-refractivity contribution is 5.81. The van der Waals surface area contributed by atoms with Gasteiger partial charge >= 0.3 is 0 Å². The fourth-order valence-electron chi connectivity index (χ4n) is 1.92. The van der Waals surface area contributed by atoms with Crippen molar-refractivity contribution in [3.63, 3.8) is 0 Å². The van der Waals surface area contributed by atoms with Gasteiger partial charge in [0, 0.05) is 19.7 Å². The number of carbonyl (C=O) groups is 1. The second-order valence-corrected chi connectivity index (χ2v) is 3.73. The van der Waals surface area contributed by atoms with Gasteiger partial charge in [-0.15, -0.1) is 0 Å². The van der Waals surface area contributed by atoms with Crippen LogP contribution in [-0.4, -0.2) is 47.8 Å². The Morgan fingerprint density at radius 2 is 2.31 bits per heavy atom. The molecule has 0 saturated carbocycles. The molecule has 0 unspecified atom stereocenters. The zero-order chi connectivity index (χ0) is 9.26. The number of aliphatic hydroxyl groups excluding tert-OH is 1. The number of β-amino-alcohol motifs (C(OH)–C–C–N with tert-alkyl or cyclic N) is 1. The zero-order valence-corrected chi connectivity index (χ0v) is 7.61. The van der Waals surface area contributed by atoms with Crippen LogP contribution in [0, 0.1) is 0 Å². The van der Waals surface area contributed by atoms with Gasteiger partial charge in [0.2, 0.25) is 0 Å². The molecule has 2 aliphatic heterocycles. The van der Waals surface area contributed by atoms with Gasteiger partial charge in [0.05, 0.1) is 6.10 Å². The van der Waals surface area contributed by atoms with Crippen molar-refractivity contribution < 1.29 is 14.6 Å². The lowest BCUT2D eigenvalue weighted by atomic mass is 10.2. The van der Waals surface area contributed by atoms with Gasteiger partial charge in [-0.25, -0.2) is 0 Å². The van der Waals surface area contributed by atoms with Crippen molar-refractivity contribution in [2.45, 2.75) is 31.5 Å². The van der Waals surface area contributed by atoms with Gasteiger partial charge in [0.15, 0.2) is 0 Å². The fourth-order valence-corrected chi connectivity index (χ4v) is 1.92. The minimum absolute atomic E-state index is 0.0639. The number of rotatable bonds is 1. The predicted molar refractivity (Wildman–Crippen MR) is 46.2 cm³/mol. The van der Waals surface area contributed by atoms with Gasteiger partial charge < -0.3 is 14.7 Å². The summed E-state index contributed by atoms with van der Waals surface area (Å²) >= 11 is 0. The van der Waals surface area contributed by atoms with Crippen LogP contribution in [0.15, 0.2) is 0 Å². The van der Waals surface area contributed by atoms with Gasteiger partial charge in [0.1, 0.15) is 6.10 Å². The number of nitrogens with zero attached hydrogens (tertiary/aromatic N) is 1. The van der Waals surface area contributed by atoms with Crippen LogP contribution in [0.1, 0.15) is 19.3 Å². The molecule has 2 aliphatic rings.